The molecular formula is C15H13N3O3. The Labute approximate surface area is 121 Å². The molecule has 106 valence electrons. The molecule has 0 saturated carbocycles. The van der Waals surface area contributed by atoms with E-state index in [4.69, 9.17) is 10.4 Å². The average Bonchev–Trinajstić information content (AvgIpc) is 2.52. The third-order valence-corrected chi connectivity index (χ3v) is 3.01. The molecule has 6 nitrogen and oxygen atoms in total. The van der Waals surface area contributed by atoms with Crippen molar-refractivity contribution in [2.24, 2.45) is 0 Å². The lowest BCUT2D eigenvalue weighted by molar-refractivity contribution is -0.384. The topological polar surface area (TPSA) is 99.2 Å². The Morgan fingerprint density at radius 1 is 1.19 bits per heavy atom. The van der Waals surface area contributed by atoms with Crippen molar-refractivity contribution < 1.29 is 10.0 Å². The fourth-order valence-electron chi connectivity index (χ4n) is 1.88. The van der Waals surface area contributed by atoms with Gasteiger partial charge in [0.15, 0.2) is 0 Å². The van der Waals surface area contributed by atoms with E-state index in [1.54, 1.807) is 30.3 Å². The molecule has 2 rings (SSSR count). The van der Waals surface area contributed by atoms with Crippen LogP contribution in [0.25, 0.3) is 0 Å². The molecule has 0 heterocycles. The predicted octanol–water partition coefficient (Wildman–Crippen LogP) is 2.57. The molecule has 0 aliphatic heterocycles. The van der Waals surface area contributed by atoms with Crippen molar-refractivity contribution in [3.63, 3.8) is 0 Å². The summed E-state index contributed by atoms with van der Waals surface area (Å²) in [5.41, 5.74) is 2.38. The molecule has 21 heavy (non-hydrogen) atoms. The summed E-state index contributed by atoms with van der Waals surface area (Å²) in [5, 5.41) is 31.8. The van der Waals surface area contributed by atoms with Gasteiger partial charge in [-0.15, -0.1) is 0 Å². The molecule has 0 aromatic heterocycles. The summed E-state index contributed by atoms with van der Waals surface area (Å²) in [6.07, 6.45) is 0. The van der Waals surface area contributed by atoms with Crippen LogP contribution in [0.1, 0.15) is 16.7 Å². The molecule has 0 bridgehead atoms. The zero-order chi connectivity index (χ0) is 15.2. The summed E-state index contributed by atoms with van der Waals surface area (Å²) >= 11 is 0. The van der Waals surface area contributed by atoms with Gasteiger partial charge in [0.25, 0.3) is 5.69 Å². The number of hydrogen-bond acceptors (Lipinski definition) is 5. The maximum atomic E-state index is 11.0. The van der Waals surface area contributed by atoms with E-state index in [1.807, 2.05) is 6.07 Å². The zero-order valence-electron chi connectivity index (χ0n) is 11.1. The Hall–Kier alpha value is -2.91. The van der Waals surface area contributed by atoms with Crippen molar-refractivity contribution in [3.05, 3.63) is 69.3 Å². The first kappa shape index (κ1) is 14.5. The number of nitrogens with zero attached hydrogens (tertiary/aromatic N) is 2. The molecule has 0 aliphatic carbocycles. The van der Waals surface area contributed by atoms with Crippen LogP contribution >= 0.6 is 0 Å². The van der Waals surface area contributed by atoms with E-state index in [1.165, 1.54) is 12.1 Å². The first-order chi connectivity index (χ1) is 10.1. The van der Waals surface area contributed by atoms with Gasteiger partial charge in [-0.1, -0.05) is 12.1 Å². The second-order valence-corrected chi connectivity index (χ2v) is 4.43. The Morgan fingerprint density at radius 3 is 2.43 bits per heavy atom. The number of aliphatic hydroxyl groups excluding tert-OH is 1. The van der Waals surface area contributed by atoms with E-state index in [9.17, 15) is 10.1 Å². The Kier molecular flexibility index (Phi) is 4.49. The lowest BCUT2D eigenvalue weighted by Crippen LogP contribution is -2.03. The smallest absolute Gasteiger partial charge is 0.292 e. The fourth-order valence-corrected chi connectivity index (χ4v) is 1.88. The van der Waals surface area contributed by atoms with Crippen molar-refractivity contribution in [1.29, 1.82) is 5.26 Å². The van der Waals surface area contributed by atoms with Crippen LogP contribution in [0.5, 0.6) is 0 Å². The second-order valence-electron chi connectivity index (χ2n) is 4.43. The van der Waals surface area contributed by atoms with Gasteiger partial charge in [-0.2, -0.15) is 5.26 Å². The van der Waals surface area contributed by atoms with Crippen molar-refractivity contribution in [3.8, 4) is 6.07 Å². The maximum Gasteiger partial charge on any atom is 0.292 e. The highest BCUT2D eigenvalue weighted by Crippen LogP contribution is 2.26. The van der Waals surface area contributed by atoms with Gasteiger partial charge in [-0.25, -0.2) is 0 Å². The van der Waals surface area contributed by atoms with Crippen LogP contribution in [-0.2, 0) is 13.2 Å². The van der Waals surface area contributed by atoms with Crippen LogP contribution in [0, 0.1) is 21.4 Å². The molecule has 0 radical (unpaired) electrons. The van der Waals surface area contributed by atoms with Crippen molar-refractivity contribution >= 4 is 11.4 Å². The largest absolute Gasteiger partial charge is 0.392 e. The second kappa shape index (κ2) is 6.50. The normalized spacial score (nSPS) is 9.90. The lowest BCUT2D eigenvalue weighted by Gasteiger charge is -2.08. The van der Waals surface area contributed by atoms with Gasteiger partial charge in [0.05, 0.1) is 23.2 Å². The highest BCUT2D eigenvalue weighted by Gasteiger charge is 2.13. The van der Waals surface area contributed by atoms with Crippen LogP contribution in [0.4, 0.5) is 11.4 Å². The minimum absolute atomic E-state index is 0.0409. The SMILES string of the molecule is N#Cc1ccc(CNc2cc(CO)ccc2[N+](=O)[O-])cc1. The molecule has 0 unspecified atom stereocenters. The summed E-state index contributed by atoms with van der Waals surface area (Å²) in [4.78, 5) is 10.5. The summed E-state index contributed by atoms with van der Waals surface area (Å²) < 4.78 is 0. The monoisotopic (exact) mass is 283 g/mol. The number of rotatable bonds is 5. The van der Waals surface area contributed by atoms with Crippen LogP contribution < -0.4 is 5.32 Å². The van der Waals surface area contributed by atoms with Crippen molar-refractivity contribution in [2.45, 2.75) is 13.2 Å². The van der Waals surface area contributed by atoms with E-state index < -0.39 is 4.92 Å². The molecular weight excluding hydrogens is 270 g/mol. The number of nitriles is 1. The number of aliphatic hydroxyl groups is 1. The highest BCUT2D eigenvalue weighted by atomic mass is 16.6. The molecule has 2 N–H and O–H groups in total. The first-order valence-electron chi connectivity index (χ1n) is 6.25. The van der Waals surface area contributed by atoms with Crippen LogP contribution in [0.3, 0.4) is 0 Å². The minimum Gasteiger partial charge on any atom is -0.392 e. The highest BCUT2D eigenvalue weighted by molar-refractivity contribution is 5.62. The Balaban J connectivity index is 2.17. The zero-order valence-corrected chi connectivity index (χ0v) is 11.1. The first-order valence-corrected chi connectivity index (χ1v) is 6.25. The van der Waals surface area contributed by atoms with Crippen LogP contribution in [0.15, 0.2) is 42.5 Å². The van der Waals surface area contributed by atoms with E-state index in [-0.39, 0.29) is 12.3 Å². The van der Waals surface area contributed by atoms with Crippen molar-refractivity contribution in [2.75, 3.05) is 5.32 Å². The lowest BCUT2D eigenvalue weighted by atomic mass is 10.1. The van der Waals surface area contributed by atoms with Gasteiger partial charge in [-0.05, 0) is 35.4 Å². The third-order valence-electron chi connectivity index (χ3n) is 3.01. The predicted molar refractivity (Wildman–Crippen MR) is 77.5 cm³/mol. The molecule has 6 heteroatoms. The van der Waals surface area contributed by atoms with Crippen molar-refractivity contribution in [1.82, 2.24) is 0 Å². The number of nitro benzene ring substituents is 1. The molecule has 0 spiro atoms. The van der Waals surface area contributed by atoms with Gasteiger partial charge in [0.2, 0.25) is 0 Å². The summed E-state index contributed by atoms with van der Waals surface area (Å²) in [7, 11) is 0. The standard InChI is InChI=1S/C15H13N3O3/c16-8-11-1-3-12(4-2-11)9-17-14-7-13(10-19)5-6-15(14)18(20)21/h1-7,17,19H,9-10H2. The van der Waals surface area contributed by atoms with Gasteiger partial charge < -0.3 is 10.4 Å². The van der Waals surface area contributed by atoms with Gasteiger partial charge in [0, 0.05) is 12.6 Å². The summed E-state index contributed by atoms with van der Waals surface area (Å²) in [5.74, 6) is 0. The third kappa shape index (κ3) is 3.55. The molecule has 2 aromatic rings. The maximum absolute atomic E-state index is 11.0. The molecule has 0 saturated heterocycles. The molecule has 0 fully saturated rings. The van der Waals surface area contributed by atoms with E-state index in [2.05, 4.69) is 5.32 Å². The Bertz CT molecular complexity index is 690. The van der Waals surface area contributed by atoms with E-state index in [0.29, 0.717) is 23.4 Å². The quantitative estimate of drug-likeness (QED) is 0.649. The number of anilines is 1. The summed E-state index contributed by atoms with van der Waals surface area (Å²) in [6.45, 7) is 0.213. The molecule has 0 atom stereocenters. The van der Waals surface area contributed by atoms with E-state index in [0.717, 1.165) is 5.56 Å². The molecule has 0 aliphatic rings. The average molecular weight is 283 g/mol. The number of benzene rings is 2. The molecule has 0 amide bonds. The van der Waals surface area contributed by atoms with Crippen LogP contribution in [-0.4, -0.2) is 10.0 Å². The number of hydrogen-bond donors (Lipinski definition) is 2. The summed E-state index contributed by atoms with van der Waals surface area (Å²) in [6, 6.07) is 13.4. The Morgan fingerprint density at radius 2 is 1.86 bits per heavy atom. The van der Waals surface area contributed by atoms with Gasteiger partial charge >= 0.3 is 0 Å². The van der Waals surface area contributed by atoms with Gasteiger partial charge in [0.1, 0.15) is 5.69 Å². The fraction of sp³-hybridized carbons (Fsp3) is 0.133. The van der Waals surface area contributed by atoms with Crippen LogP contribution in [0.2, 0.25) is 0 Å². The van der Waals surface area contributed by atoms with E-state index >= 15 is 0 Å². The van der Waals surface area contributed by atoms with Gasteiger partial charge in [-0.3, -0.25) is 10.1 Å². The number of nitro groups is 1. The molecule has 2 aromatic carbocycles. The number of nitrogens with one attached hydrogen (secondary N) is 1. The minimum atomic E-state index is -0.470.